The smallest absolute Gasteiger partial charge is 0.349 e. The monoisotopic (exact) mass is 503 g/mol. The maximum absolute atomic E-state index is 13.6. The predicted octanol–water partition coefficient (Wildman–Crippen LogP) is 6.88. The van der Waals surface area contributed by atoms with E-state index in [1.54, 1.807) is 25.1 Å². The maximum Gasteiger partial charge on any atom is 0.416 e. The summed E-state index contributed by atoms with van der Waals surface area (Å²) in [5.74, 6) is -3.61. The average molecular weight is 504 g/mol. The maximum atomic E-state index is 13.6. The topological polar surface area (TPSA) is 46.2 Å². The van der Waals surface area contributed by atoms with Crippen LogP contribution in [0.2, 0.25) is 5.02 Å². The second kappa shape index (κ2) is 9.82. The van der Waals surface area contributed by atoms with Gasteiger partial charge in [-0.05, 0) is 66.8 Å². The highest BCUT2D eigenvalue weighted by Crippen LogP contribution is 2.41. The highest BCUT2D eigenvalue weighted by Gasteiger charge is 2.43. The molecule has 10 heteroatoms. The quantitative estimate of drug-likeness (QED) is 0.331. The van der Waals surface area contributed by atoms with Gasteiger partial charge in [0.1, 0.15) is 0 Å². The number of carbonyl (C=O) groups is 2. The summed E-state index contributed by atoms with van der Waals surface area (Å²) in [5.41, 5.74) is -0.502. The van der Waals surface area contributed by atoms with Gasteiger partial charge in [0.15, 0.2) is 5.78 Å². The number of ketones is 1. The molecule has 1 aliphatic rings. The Morgan fingerprint density at radius 1 is 1.09 bits per heavy atom. The van der Waals surface area contributed by atoms with E-state index in [1.807, 2.05) is 0 Å². The summed E-state index contributed by atoms with van der Waals surface area (Å²) in [6.07, 6.45) is -6.85. The van der Waals surface area contributed by atoms with Gasteiger partial charge in [-0.3, -0.25) is 9.59 Å². The third-order valence-electron chi connectivity index (χ3n) is 5.32. The van der Waals surface area contributed by atoms with Crippen LogP contribution in [0.25, 0.3) is 6.08 Å². The van der Waals surface area contributed by atoms with E-state index in [2.05, 4.69) is 5.32 Å². The number of aryl methyl sites for hydroxylation is 1. The van der Waals surface area contributed by atoms with Crippen LogP contribution < -0.4 is 5.32 Å². The molecule has 0 radical (unpaired) electrons. The van der Waals surface area contributed by atoms with Crippen LogP contribution in [0.4, 0.5) is 26.3 Å². The molecule has 2 aromatic rings. The van der Waals surface area contributed by atoms with Gasteiger partial charge in [-0.1, -0.05) is 29.8 Å². The Morgan fingerprint density at radius 2 is 1.76 bits per heavy atom. The number of nitrogens with one attached hydrogen (secondary N) is 1. The zero-order valence-electron chi connectivity index (χ0n) is 17.9. The van der Waals surface area contributed by atoms with Crippen LogP contribution in [0, 0.1) is 6.92 Å². The van der Waals surface area contributed by atoms with E-state index in [0.29, 0.717) is 28.8 Å². The normalized spacial score (nSPS) is 15.4. The van der Waals surface area contributed by atoms with Gasteiger partial charge in [0, 0.05) is 23.0 Å². The number of halogens is 7. The Bertz CT molecular complexity index is 1120. The van der Waals surface area contributed by atoms with Gasteiger partial charge in [-0.25, -0.2) is 0 Å². The van der Waals surface area contributed by atoms with E-state index in [0.717, 1.165) is 25.0 Å². The van der Waals surface area contributed by atoms with Crippen molar-refractivity contribution in [2.75, 3.05) is 0 Å². The first kappa shape index (κ1) is 25.8. The van der Waals surface area contributed by atoms with Crippen molar-refractivity contribution >= 4 is 29.4 Å². The lowest BCUT2D eigenvalue weighted by Crippen LogP contribution is -2.26. The molecule has 1 amide bonds. The van der Waals surface area contributed by atoms with Gasteiger partial charge >= 0.3 is 12.4 Å². The van der Waals surface area contributed by atoms with Crippen molar-refractivity contribution in [2.24, 2.45) is 0 Å². The Morgan fingerprint density at radius 3 is 2.32 bits per heavy atom. The van der Waals surface area contributed by atoms with E-state index in [-0.39, 0.29) is 11.9 Å². The summed E-state index contributed by atoms with van der Waals surface area (Å²) >= 11 is 5.61. The van der Waals surface area contributed by atoms with Gasteiger partial charge < -0.3 is 5.32 Å². The zero-order valence-corrected chi connectivity index (χ0v) is 18.6. The molecule has 0 aromatic heterocycles. The van der Waals surface area contributed by atoms with Crippen LogP contribution in [-0.2, 0) is 11.0 Å². The minimum absolute atomic E-state index is 0.178. The molecule has 0 aliphatic heterocycles. The lowest BCUT2D eigenvalue weighted by Gasteiger charge is -2.21. The molecule has 34 heavy (non-hydrogen) atoms. The van der Waals surface area contributed by atoms with Gasteiger partial charge in [-0.2, -0.15) is 26.3 Å². The molecule has 0 spiro atoms. The first-order valence-electron chi connectivity index (χ1n) is 10.3. The molecule has 3 nitrogen and oxygen atoms in total. The predicted molar refractivity (Wildman–Crippen MR) is 116 cm³/mol. The van der Waals surface area contributed by atoms with E-state index in [4.69, 9.17) is 11.6 Å². The van der Waals surface area contributed by atoms with Gasteiger partial charge in [0.05, 0.1) is 11.5 Å². The van der Waals surface area contributed by atoms with Crippen molar-refractivity contribution in [1.82, 2.24) is 5.32 Å². The lowest BCUT2D eigenvalue weighted by atomic mass is 9.91. The largest absolute Gasteiger partial charge is 0.416 e. The fourth-order valence-corrected chi connectivity index (χ4v) is 3.64. The number of benzene rings is 2. The van der Waals surface area contributed by atoms with Crippen LogP contribution in [0.15, 0.2) is 42.5 Å². The third-order valence-corrected chi connectivity index (χ3v) is 5.54. The summed E-state index contributed by atoms with van der Waals surface area (Å²) in [7, 11) is 0. The average Bonchev–Trinajstić information content (AvgIpc) is 3.52. The molecule has 0 bridgehead atoms. The zero-order chi connectivity index (χ0) is 25.3. The van der Waals surface area contributed by atoms with E-state index >= 15 is 0 Å². The lowest BCUT2D eigenvalue weighted by molar-refractivity contribution is -0.156. The SMILES string of the molecule is Cc1cc(/C=C/C(=O)CC(c2cc(Cl)cc(C(F)(F)F)c2)C(F)(F)F)ccc1C(=O)NC1CC1. The van der Waals surface area contributed by atoms with E-state index in [9.17, 15) is 35.9 Å². The highest BCUT2D eigenvalue weighted by molar-refractivity contribution is 6.30. The van der Waals surface area contributed by atoms with Gasteiger partial charge in [-0.15, -0.1) is 0 Å². The highest BCUT2D eigenvalue weighted by atomic mass is 35.5. The minimum Gasteiger partial charge on any atom is -0.349 e. The van der Waals surface area contributed by atoms with Gasteiger partial charge in [0.25, 0.3) is 5.91 Å². The standard InChI is InChI=1S/C24H20ClF6NO2/c1-13-8-14(3-7-20(13)22(34)32-18-4-5-18)2-6-19(33)12-21(24(29,30)31)15-9-16(23(26,27)28)11-17(25)10-15/h2-3,6-11,18,21H,4-5,12H2,1H3,(H,32,34)/b6-2+. The van der Waals surface area contributed by atoms with Crippen LogP contribution in [-0.4, -0.2) is 23.9 Å². The number of carbonyl (C=O) groups excluding carboxylic acids is 2. The van der Waals surface area contributed by atoms with Crippen molar-refractivity contribution < 1.29 is 35.9 Å². The molecular weight excluding hydrogens is 484 g/mol. The van der Waals surface area contributed by atoms with Crippen molar-refractivity contribution in [2.45, 2.75) is 50.5 Å². The molecule has 0 saturated heterocycles. The van der Waals surface area contributed by atoms with E-state index < -0.39 is 46.6 Å². The molecule has 3 rings (SSSR count). The molecule has 1 atom stereocenters. The molecule has 0 heterocycles. The number of hydrogen-bond acceptors (Lipinski definition) is 2. The van der Waals surface area contributed by atoms with Crippen LogP contribution in [0.3, 0.4) is 0 Å². The number of amides is 1. The molecule has 1 saturated carbocycles. The molecule has 1 aliphatic carbocycles. The molecule has 1 N–H and O–H groups in total. The Labute approximate surface area is 196 Å². The first-order valence-corrected chi connectivity index (χ1v) is 10.7. The molecule has 1 unspecified atom stereocenters. The number of rotatable bonds is 7. The second-order valence-corrected chi connectivity index (χ2v) is 8.63. The summed E-state index contributed by atoms with van der Waals surface area (Å²) in [5, 5.41) is 2.34. The van der Waals surface area contributed by atoms with Crippen molar-refractivity contribution in [1.29, 1.82) is 0 Å². The Kier molecular flexibility index (Phi) is 7.45. The second-order valence-electron chi connectivity index (χ2n) is 8.19. The number of hydrogen-bond donors (Lipinski definition) is 1. The Balaban J connectivity index is 1.76. The molecular formula is C24H20ClF6NO2. The van der Waals surface area contributed by atoms with E-state index in [1.165, 1.54) is 6.08 Å². The van der Waals surface area contributed by atoms with Crippen LogP contribution in [0.5, 0.6) is 0 Å². The molecule has 1 fully saturated rings. The van der Waals surface area contributed by atoms with Gasteiger partial charge in [0.2, 0.25) is 0 Å². The summed E-state index contributed by atoms with van der Waals surface area (Å²) in [6, 6.07) is 6.55. The number of alkyl halides is 6. The summed E-state index contributed by atoms with van der Waals surface area (Å²) < 4.78 is 79.9. The van der Waals surface area contributed by atoms with Crippen LogP contribution >= 0.6 is 11.6 Å². The number of allylic oxidation sites excluding steroid dienone is 1. The minimum atomic E-state index is -4.97. The van der Waals surface area contributed by atoms with Crippen molar-refractivity contribution in [3.05, 3.63) is 75.3 Å². The summed E-state index contributed by atoms with van der Waals surface area (Å²) in [4.78, 5) is 24.5. The first-order chi connectivity index (χ1) is 15.7. The molecule has 182 valence electrons. The fraction of sp³-hybridized carbons (Fsp3) is 0.333. The fourth-order valence-electron chi connectivity index (χ4n) is 3.39. The Hall–Kier alpha value is -2.81. The third kappa shape index (κ3) is 6.85. The van der Waals surface area contributed by atoms with Crippen molar-refractivity contribution in [3.63, 3.8) is 0 Å². The molecule has 2 aromatic carbocycles. The van der Waals surface area contributed by atoms with Crippen LogP contribution in [0.1, 0.15) is 57.8 Å². The summed E-state index contributed by atoms with van der Waals surface area (Å²) in [6.45, 7) is 1.69. The van der Waals surface area contributed by atoms with Crippen molar-refractivity contribution in [3.8, 4) is 0 Å².